The number of rotatable bonds is 6. The van der Waals surface area contributed by atoms with Crippen molar-refractivity contribution in [3.8, 4) is 5.75 Å². The zero-order valence-corrected chi connectivity index (χ0v) is 11.4. The van der Waals surface area contributed by atoms with E-state index in [1.807, 2.05) is 30.3 Å². The maximum absolute atomic E-state index is 10.9. The van der Waals surface area contributed by atoms with Crippen molar-refractivity contribution in [1.29, 1.82) is 0 Å². The first-order valence-electron chi connectivity index (χ1n) is 6.78. The summed E-state index contributed by atoms with van der Waals surface area (Å²) in [5.41, 5.74) is 1.96. The predicted octanol–water partition coefficient (Wildman–Crippen LogP) is 3.12. The molecular formula is C16H15NO4. The topological polar surface area (TPSA) is 64.9 Å². The second-order valence-corrected chi connectivity index (χ2v) is 4.98. The van der Waals surface area contributed by atoms with Crippen LogP contribution in [0.25, 0.3) is 0 Å². The molecule has 1 saturated heterocycles. The molecule has 21 heavy (non-hydrogen) atoms. The molecule has 1 heterocycles. The van der Waals surface area contributed by atoms with Crippen molar-refractivity contribution in [2.75, 3.05) is 6.61 Å². The molecule has 2 aromatic carbocycles. The van der Waals surface area contributed by atoms with Gasteiger partial charge in [0, 0.05) is 24.1 Å². The molecule has 108 valence electrons. The summed E-state index contributed by atoms with van der Waals surface area (Å²) >= 11 is 0. The van der Waals surface area contributed by atoms with Crippen molar-refractivity contribution in [3.05, 3.63) is 69.8 Å². The van der Waals surface area contributed by atoms with Gasteiger partial charge >= 0.3 is 0 Å². The van der Waals surface area contributed by atoms with Crippen molar-refractivity contribution in [2.45, 2.75) is 19.1 Å². The first-order valence-corrected chi connectivity index (χ1v) is 6.78. The fourth-order valence-electron chi connectivity index (χ4n) is 2.15. The fraction of sp³-hybridized carbons (Fsp3) is 0.250. The maximum atomic E-state index is 10.9. The van der Waals surface area contributed by atoms with Gasteiger partial charge in [0.25, 0.3) is 5.69 Å². The fourth-order valence-corrected chi connectivity index (χ4v) is 2.15. The molecule has 1 atom stereocenters. The second kappa shape index (κ2) is 5.93. The Kier molecular flexibility index (Phi) is 3.83. The quantitative estimate of drug-likeness (QED) is 0.464. The van der Waals surface area contributed by atoms with E-state index in [0.717, 1.165) is 11.1 Å². The number of nitro groups is 1. The van der Waals surface area contributed by atoms with Gasteiger partial charge in [0.2, 0.25) is 0 Å². The van der Waals surface area contributed by atoms with E-state index in [1.165, 1.54) is 6.07 Å². The molecule has 1 aliphatic rings. The van der Waals surface area contributed by atoms with E-state index < -0.39 is 4.92 Å². The molecule has 0 amide bonds. The Hall–Kier alpha value is -2.40. The van der Waals surface area contributed by atoms with Crippen LogP contribution in [0.15, 0.2) is 48.5 Å². The summed E-state index contributed by atoms with van der Waals surface area (Å²) in [6, 6.07) is 14.5. The number of benzene rings is 2. The van der Waals surface area contributed by atoms with Gasteiger partial charge in [-0.25, -0.2) is 0 Å². The van der Waals surface area contributed by atoms with Crippen LogP contribution in [0.1, 0.15) is 11.1 Å². The van der Waals surface area contributed by atoms with Gasteiger partial charge in [-0.1, -0.05) is 30.3 Å². The van der Waals surface area contributed by atoms with E-state index in [2.05, 4.69) is 0 Å². The maximum Gasteiger partial charge on any atom is 0.269 e. The first-order chi connectivity index (χ1) is 10.2. The van der Waals surface area contributed by atoms with Gasteiger partial charge in [0.15, 0.2) is 0 Å². The van der Waals surface area contributed by atoms with Gasteiger partial charge in [-0.3, -0.25) is 10.1 Å². The zero-order valence-electron chi connectivity index (χ0n) is 11.4. The normalized spacial score (nSPS) is 16.5. The Morgan fingerprint density at radius 2 is 2.00 bits per heavy atom. The summed E-state index contributed by atoms with van der Waals surface area (Å²) < 4.78 is 11.0. The number of hydrogen-bond acceptors (Lipinski definition) is 4. The van der Waals surface area contributed by atoms with E-state index >= 15 is 0 Å². The number of epoxide rings is 1. The highest BCUT2D eigenvalue weighted by atomic mass is 16.6. The van der Waals surface area contributed by atoms with Crippen molar-refractivity contribution in [2.24, 2.45) is 0 Å². The summed E-state index contributed by atoms with van der Waals surface area (Å²) in [4.78, 5) is 10.5. The van der Waals surface area contributed by atoms with E-state index in [1.54, 1.807) is 12.1 Å². The molecule has 0 radical (unpaired) electrons. The SMILES string of the molecule is O=[N+]([O-])c1ccc(OCc2ccccc2)c(C[C@@H]2CO2)c1. The molecule has 1 fully saturated rings. The van der Waals surface area contributed by atoms with Crippen LogP contribution in [0.2, 0.25) is 0 Å². The molecule has 2 aromatic rings. The molecule has 1 aliphatic heterocycles. The summed E-state index contributed by atoms with van der Waals surface area (Å²) in [7, 11) is 0. The smallest absolute Gasteiger partial charge is 0.269 e. The third-order valence-electron chi connectivity index (χ3n) is 3.34. The van der Waals surface area contributed by atoms with Crippen LogP contribution < -0.4 is 4.74 Å². The zero-order chi connectivity index (χ0) is 14.7. The Bertz CT molecular complexity index is 638. The van der Waals surface area contributed by atoms with Crippen LogP contribution in [-0.4, -0.2) is 17.6 Å². The lowest BCUT2D eigenvalue weighted by Crippen LogP contribution is -2.02. The van der Waals surface area contributed by atoms with Crippen LogP contribution in [0.3, 0.4) is 0 Å². The molecule has 5 heteroatoms. The Balaban J connectivity index is 1.77. The number of nitrogens with zero attached hydrogens (tertiary/aromatic N) is 1. The first kappa shape index (κ1) is 13.6. The van der Waals surface area contributed by atoms with Gasteiger partial charge in [-0.15, -0.1) is 0 Å². The lowest BCUT2D eigenvalue weighted by Gasteiger charge is -2.11. The molecule has 0 unspecified atom stereocenters. The van der Waals surface area contributed by atoms with Crippen LogP contribution in [0, 0.1) is 10.1 Å². The van der Waals surface area contributed by atoms with Gasteiger partial charge in [0.05, 0.1) is 17.6 Å². The lowest BCUT2D eigenvalue weighted by molar-refractivity contribution is -0.384. The van der Waals surface area contributed by atoms with Gasteiger partial charge in [0.1, 0.15) is 12.4 Å². The van der Waals surface area contributed by atoms with Crippen molar-refractivity contribution in [3.63, 3.8) is 0 Å². The summed E-state index contributed by atoms with van der Waals surface area (Å²) in [6.45, 7) is 1.15. The van der Waals surface area contributed by atoms with Crippen LogP contribution in [0.5, 0.6) is 5.75 Å². The van der Waals surface area contributed by atoms with Crippen molar-refractivity contribution < 1.29 is 14.4 Å². The Morgan fingerprint density at radius 1 is 1.24 bits per heavy atom. The molecule has 5 nitrogen and oxygen atoms in total. The van der Waals surface area contributed by atoms with Gasteiger partial charge in [-0.05, 0) is 11.6 Å². The summed E-state index contributed by atoms with van der Waals surface area (Å²) in [5, 5.41) is 10.9. The minimum Gasteiger partial charge on any atom is -0.489 e. The molecule has 0 aliphatic carbocycles. The number of hydrogen-bond donors (Lipinski definition) is 0. The molecule has 0 spiro atoms. The van der Waals surface area contributed by atoms with Crippen LogP contribution in [0.4, 0.5) is 5.69 Å². The molecule has 0 N–H and O–H groups in total. The van der Waals surface area contributed by atoms with E-state index in [0.29, 0.717) is 25.4 Å². The Morgan fingerprint density at radius 3 is 2.67 bits per heavy atom. The second-order valence-electron chi connectivity index (χ2n) is 4.98. The van der Waals surface area contributed by atoms with Gasteiger partial charge < -0.3 is 9.47 Å². The Labute approximate surface area is 122 Å². The minimum atomic E-state index is -0.391. The highest BCUT2D eigenvalue weighted by Crippen LogP contribution is 2.29. The summed E-state index contributed by atoms with van der Waals surface area (Å²) in [6.07, 6.45) is 0.803. The average Bonchev–Trinajstić information content (AvgIpc) is 3.31. The molecule has 0 bridgehead atoms. The van der Waals surface area contributed by atoms with E-state index in [-0.39, 0.29) is 11.8 Å². The third-order valence-corrected chi connectivity index (χ3v) is 3.34. The van der Waals surface area contributed by atoms with E-state index in [9.17, 15) is 10.1 Å². The molecule has 0 saturated carbocycles. The third kappa shape index (κ3) is 3.58. The van der Waals surface area contributed by atoms with E-state index in [4.69, 9.17) is 9.47 Å². The van der Waals surface area contributed by atoms with Crippen LogP contribution in [-0.2, 0) is 17.8 Å². The highest BCUT2D eigenvalue weighted by molar-refractivity contribution is 5.44. The lowest BCUT2D eigenvalue weighted by atomic mass is 10.1. The van der Waals surface area contributed by atoms with Crippen molar-refractivity contribution >= 4 is 5.69 Å². The standard InChI is InChI=1S/C16H15NO4/c18-17(19)14-6-7-16(13(8-14)9-15-11-20-15)21-10-12-4-2-1-3-5-12/h1-8,15H,9-11H2/t15-/m1/s1. The van der Waals surface area contributed by atoms with Crippen molar-refractivity contribution in [1.82, 2.24) is 0 Å². The number of ether oxygens (including phenoxy) is 2. The molecule has 3 rings (SSSR count). The minimum absolute atomic E-state index is 0.0812. The monoisotopic (exact) mass is 285 g/mol. The average molecular weight is 285 g/mol. The molecular weight excluding hydrogens is 270 g/mol. The molecule has 0 aromatic heterocycles. The van der Waals surface area contributed by atoms with Crippen LogP contribution >= 0.6 is 0 Å². The largest absolute Gasteiger partial charge is 0.489 e. The predicted molar refractivity (Wildman–Crippen MR) is 77.3 cm³/mol. The number of non-ortho nitro benzene ring substituents is 1. The number of nitro benzene ring substituents is 1. The van der Waals surface area contributed by atoms with Gasteiger partial charge in [-0.2, -0.15) is 0 Å². The highest BCUT2D eigenvalue weighted by Gasteiger charge is 2.25. The summed E-state index contributed by atoms with van der Waals surface area (Å²) in [5.74, 6) is 0.681.